The highest BCUT2D eigenvalue weighted by Gasteiger charge is 2.49. The van der Waals surface area contributed by atoms with Crippen molar-refractivity contribution in [3.63, 3.8) is 0 Å². The van der Waals surface area contributed by atoms with Crippen molar-refractivity contribution in [2.45, 2.75) is 96.2 Å². The van der Waals surface area contributed by atoms with E-state index in [0.29, 0.717) is 61.9 Å². The standard InChI is InChI=1S/C47H55F2IN8O5/c1-29-21-37(57(24-30-10-14-34(60-5)15-11-30)25-31-12-16-35(61-6)17-13-31)53-42(39(29)50)41-38(49)40-36(23-51-41)43(56-19-7-9-33(27-56)52-45(59)63-46(2,3)4)55-44(54-40)62-28-47-18-8-20-58(47)26-32(48)22-47/h10-17,21,23,32-33H,7-9,18-20,22,24-28H2,1-6H3,(H,52,59)/t32-,33+,47+/m1/s1. The molecule has 3 atom stereocenters. The zero-order valence-corrected chi connectivity index (χ0v) is 38.9. The van der Waals surface area contributed by atoms with Crippen LogP contribution in [0.3, 0.4) is 0 Å². The Morgan fingerprint density at radius 3 is 2.29 bits per heavy atom. The normalized spacial score (nSPS) is 20.1. The summed E-state index contributed by atoms with van der Waals surface area (Å²) >= 11 is 2.21. The summed E-state index contributed by atoms with van der Waals surface area (Å²) in [7, 11) is 3.28. The second-order valence-corrected chi connectivity index (χ2v) is 18.9. The summed E-state index contributed by atoms with van der Waals surface area (Å²) in [5.74, 6) is 1.94. The number of aryl methyl sites for hydroxylation is 1. The maximum Gasteiger partial charge on any atom is 0.407 e. The number of hydrogen-bond donors (Lipinski definition) is 1. The molecular formula is C47H55F2IN8O5. The van der Waals surface area contributed by atoms with Crippen molar-refractivity contribution in [3.05, 3.63) is 86.9 Å². The van der Waals surface area contributed by atoms with Crippen LogP contribution < -0.4 is 29.3 Å². The topological polar surface area (TPSA) is 127 Å². The Hall–Kier alpha value is -5.10. The van der Waals surface area contributed by atoms with Crippen LogP contribution in [0.1, 0.15) is 69.6 Å². The summed E-state index contributed by atoms with van der Waals surface area (Å²) in [6, 6.07) is 17.6. The molecule has 5 aromatic rings. The molecule has 334 valence electrons. The predicted octanol–water partition coefficient (Wildman–Crippen LogP) is 8.81. The first kappa shape index (κ1) is 44.5. The number of carbonyl (C=O) groups excluding carboxylic acids is 1. The number of alkyl carbamates (subject to hydrolysis) is 1. The summed E-state index contributed by atoms with van der Waals surface area (Å²) in [6.07, 6.45) is 3.75. The van der Waals surface area contributed by atoms with Crippen LogP contribution in [0.15, 0.2) is 60.8 Å². The van der Waals surface area contributed by atoms with Gasteiger partial charge in [0.2, 0.25) is 0 Å². The van der Waals surface area contributed by atoms with E-state index in [1.807, 2.05) is 87.2 Å². The van der Waals surface area contributed by atoms with Crippen LogP contribution in [-0.4, -0.2) is 101 Å². The molecule has 0 bridgehead atoms. The average Bonchev–Trinajstić information content (AvgIpc) is 3.79. The number of alkyl halides is 1. The maximum absolute atomic E-state index is 17.5. The quantitative estimate of drug-likeness (QED) is 0.113. The van der Waals surface area contributed by atoms with Gasteiger partial charge in [0, 0.05) is 55.0 Å². The van der Waals surface area contributed by atoms with Crippen molar-refractivity contribution in [1.29, 1.82) is 0 Å². The average molecular weight is 977 g/mol. The molecule has 0 spiro atoms. The third-order valence-corrected chi connectivity index (χ3v) is 13.4. The number of nitrogens with zero attached hydrogens (tertiary/aromatic N) is 7. The van der Waals surface area contributed by atoms with Crippen LogP contribution >= 0.6 is 22.6 Å². The molecule has 1 N–H and O–H groups in total. The lowest BCUT2D eigenvalue weighted by molar-refractivity contribution is 0.0500. The molecule has 63 heavy (non-hydrogen) atoms. The third-order valence-electron chi connectivity index (χ3n) is 12.1. The summed E-state index contributed by atoms with van der Waals surface area (Å²) in [5.41, 5.74) is 2.32. The number of anilines is 2. The number of halogens is 3. The summed E-state index contributed by atoms with van der Waals surface area (Å²) in [6.45, 7) is 10.8. The number of piperidine rings is 1. The minimum atomic E-state index is -0.937. The van der Waals surface area contributed by atoms with Crippen molar-refractivity contribution in [2.24, 2.45) is 0 Å². The largest absolute Gasteiger partial charge is 0.497 e. The smallest absolute Gasteiger partial charge is 0.407 e. The highest BCUT2D eigenvalue weighted by atomic mass is 127. The molecule has 6 heterocycles. The lowest BCUT2D eigenvalue weighted by Crippen LogP contribution is -2.49. The Balaban J connectivity index is 1.18. The molecule has 3 aliphatic heterocycles. The van der Waals surface area contributed by atoms with Gasteiger partial charge in [-0.2, -0.15) is 9.97 Å². The molecule has 13 nitrogen and oxygen atoms in total. The number of benzene rings is 2. The van der Waals surface area contributed by atoms with Crippen LogP contribution in [0.2, 0.25) is 0 Å². The number of carbonyl (C=O) groups is 1. The molecule has 3 fully saturated rings. The first-order valence-corrected chi connectivity index (χ1v) is 22.6. The molecular weight excluding hydrogens is 921 g/mol. The van der Waals surface area contributed by atoms with Crippen LogP contribution in [0.5, 0.6) is 17.5 Å². The van der Waals surface area contributed by atoms with Crippen LogP contribution in [0, 0.1) is 16.3 Å². The van der Waals surface area contributed by atoms with Gasteiger partial charge in [-0.1, -0.05) is 24.3 Å². The molecule has 0 radical (unpaired) electrons. The van der Waals surface area contributed by atoms with E-state index in [2.05, 4.69) is 37.7 Å². The molecule has 8 rings (SSSR count). The molecule has 3 aromatic heterocycles. The van der Waals surface area contributed by atoms with Gasteiger partial charge in [-0.3, -0.25) is 9.88 Å². The number of amides is 1. The van der Waals surface area contributed by atoms with E-state index in [1.165, 1.54) is 0 Å². The van der Waals surface area contributed by atoms with Crippen LogP contribution in [0.25, 0.3) is 22.3 Å². The third kappa shape index (κ3) is 10.0. The van der Waals surface area contributed by atoms with Gasteiger partial charge >= 0.3 is 12.1 Å². The second-order valence-electron chi connectivity index (χ2n) is 17.8. The highest BCUT2D eigenvalue weighted by Crippen LogP contribution is 2.41. The Morgan fingerprint density at radius 2 is 1.63 bits per heavy atom. The number of methoxy groups -OCH3 is 2. The number of rotatable bonds is 13. The summed E-state index contributed by atoms with van der Waals surface area (Å²) < 4.78 is 55.8. The van der Waals surface area contributed by atoms with Crippen molar-refractivity contribution < 1.29 is 32.5 Å². The van der Waals surface area contributed by atoms with Crippen LogP contribution in [-0.2, 0) is 17.8 Å². The van der Waals surface area contributed by atoms with Gasteiger partial charge in [-0.15, -0.1) is 0 Å². The molecule has 3 aliphatic rings. The van der Waals surface area contributed by atoms with Crippen LogP contribution in [0.4, 0.5) is 25.2 Å². The Bertz CT molecular complexity index is 2390. The van der Waals surface area contributed by atoms with E-state index in [1.54, 1.807) is 20.4 Å². The fourth-order valence-corrected chi connectivity index (χ4v) is 9.51. The first-order chi connectivity index (χ1) is 30.2. The molecule has 16 heteroatoms. The number of fused-ring (bicyclic) bond motifs is 2. The van der Waals surface area contributed by atoms with Gasteiger partial charge in [0.15, 0.2) is 5.82 Å². The lowest BCUT2D eigenvalue weighted by atomic mass is 9.95. The fraction of sp³-hybridized carbons (Fsp3) is 0.468. The minimum absolute atomic E-state index is 0.00273. The van der Waals surface area contributed by atoms with E-state index in [9.17, 15) is 9.18 Å². The maximum atomic E-state index is 17.5. The van der Waals surface area contributed by atoms with E-state index in [-0.39, 0.29) is 29.9 Å². The van der Waals surface area contributed by atoms with Gasteiger partial charge in [0.25, 0.3) is 0 Å². The number of pyridine rings is 2. The molecule has 0 aliphatic carbocycles. The zero-order valence-electron chi connectivity index (χ0n) is 36.7. The molecule has 0 saturated carbocycles. The Kier molecular flexibility index (Phi) is 13.1. The minimum Gasteiger partial charge on any atom is -0.497 e. The number of hydrogen-bond acceptors (Lipinski definition) is 12. The first-order valence-electron chi connectivity index (χ1n) is 21.5. The molecule has 0 unspecified atom stereocenters. The van der Waals surface area contributed by atoms with Gasteiger partial charge < -0.3 is 34.1 Å². The van der Waals surface area contributed by atoms with Gasteiger partial charge in [0.1, 0.15) is 58.4 Å². The predicted molar refractivity (Wildman–Crippen MR) is 247 cm³/mol. The van der Waals surface area contributed by atoms with Gasteiger partial charge in [0.05, 0.1) is 25.1 Å². The van der Waals surface area contributed by atoms with E-state index in [4.69, 9.17) is 38.9 Å². The summed E-state index contributed by atoms with van der Waals surface area (Å²) in [4.78, 5) is 38.7. The van der Waals surface area contributed by atoms with E-state index in [0.717, 1.165) is 64.0 Å². The lowest BCUT2D eigenvalue weighted by Gasteiger charge is -2.35. The Labute approximate surface area is 381 Å². The molecule has 1 amide bonds. The fourth-order valence-electron chi connectivity index (χ4n) is 8.98. The second kappa shape index (κ2) is 18.6. The SMILES string of the molecule is COc1ccc(CN(Cc2ccc(OC)cc2)c2cc(C)c(I)c(-c3ncc4c(N5CCC[C@H](NC(=O)OC(C)(C)C)C5)nc(OC[C@@]56CCCN5C[C@H](F)C6)nc4c3F)n2)cc1. The number of aromatic nitrogens is 4. The van der Waals surface area contributed by atoms with Crippen molar-refractivity contribution in [3.8, 4) is 28.9 Å². The van der Waals surface area contributed by atoms with E-state index >= 15 is 4.39 Å². The summed E-state index contributed by atoms with van der Waals surface area (Å²) in [5, 5.41) is 3.40. The zero-order chi connectivity index (χ0) is 44.5. The molecule has 2 aromatic carbocycles. The number of ether oxygens (including phenoxy) is 4. The number of nitrogens with one attached hydrogen (secondary N) is 1. The highest BCUT2D eigenvalue weighted by molar-refractivity contribution is 14.1. The van der Waals surface area contributed by atoms with Crippen molar-refractivity contribution in [1.82, 2.24) is 30.2 Å². The van der Waals surface area contributed by atoms with Gasteiger partial charge in [-0.05, 0) is 130 Å². The van der Waals surface area contributed by atoms with Gasteiger partial charge in [-0.25, -0.2) is 18.6 Å². The monoisotopic (exact) mass is 976 g/mol. The van der Waals surface area contributed by atoms with Crippen molar-refractivity contribution >= 4 is 51.2 Å². The molecule has 3 saturated heterocycles. The van der Waals surface area contributed by atoms with E-state index < -0.39 is 29.2 Å². The van der Waals surface area contributed by atoms with Crippen molar-refractivity contribution in [2.75, 3.05) is 56.8 Å². The Morgan fingerprint density at radius 1 is 0.952 bits per heavy atom.